The Bertz CT molecular complexity index is 1190. The molecule has 7 nitrogen and oxygen atoms in total. The summed E-state index contributed by atoms with van der Waals surface area (Å²) in [5.41, 5.74) is 3.61. The van der Waals surface area contributed by atoms with E-state index < -0.39 is 0 Å². The van der Waals surface area contributed by atoms with Crippen LogP contribution in [0.1, 0.15) is 0 Å². The molecule has 1 aliphatic heterocycles. The monoisotopic (exact) mass is 384 g/mol. The summed E-state index contributed by atoms with van der Waals surface area (Å²) < 4.78 is 1.70. The van der Waals surface area contributed by atoms with Crippen molar-refractivity contribution in [1.29, 1.82) is 0 Å². The molecular weight excluding hydrogens is 364 g/mol. The first-order valence-electron chi connectivity index (χ1n) is 9.55. The van der Waals surface area contributed by atoms with Gasteiger partial charge in [0.25, 0.3) is 0 Å². The molecule has 1 aliphatic rings. The molecule has 0 radical (unpaired) electrons. The van der Waals surface area contributed by atoms with Crippen LogP contribution in [0.3, 0.4) is 0 Å². The van der Waals surface area contributed by atoms with Crippen LogP contribution in [0.2, 0.25) is 0 Å². The predicted molar refractivity (Wildman–Crippen MR) is 113 cm³/mol. The van der Waals surface area contributed by atoms with Crippen molar-refractivity contribution >= 4 is 28.4 Å². The lowest BCUT2D eigenvalue weighted by Crippen LogP contribution is -2.51. The fraction of sp³-hybridized carbons (Fsp3) is 0.182. The Morgan fingerprint density at radius 1 is 0.931 bits per heavy atom. The Labute approximate surface area is 168 Å². The van der Waals surface area contributed by atoms with Gasteiger partial charge in [-0.1, -0.05) is 48.5 Å². The largest absolute Gasteiger partial charge is 0.330 e. The van der Waals surface area contributed by atoms with Crippen LogP contribution in [0.25, 0.3) is 22.2 Å². The highest BCUT2D eigenvalue weighted by atomic mass is 16.2. The smallest absolute Gasteiger partial charge is 0.246 e. The summed E-state index contributed by atoms with van der Waals surface area (Å²) in [5, 5.41) is 5.17. The van der Waals surface area contributed by atoms with Crippen molar-refractivity contribution in [2.24, 2.45) is 7.05 Å². The second-order valence-electron chi connectivity index (χ2n) is 7.09. The Kier molecular flexibility index (Phi) is 4.20. The first-order chi connectivity index (χ1) is 14.2. The maximum atomic E-state index is 12.8. The lowest BCUT2D eigenvalue weighted by atomic mass is 10.1. The summed E-state index contributed by atoms with van der Waals surface area (Å²) in [5.74, 6) is 0.601. The van der Waals surface area contributed by atoms with E-state index in [1.807, 2.05) is 72.7 Å². The summed E-state index contributed by atoms with van der Waals surface area (Å²) in [6.45, 7) is 1.47. The third-order valence-corrected chi connectivity index (χ3v) is 5.15. The zero-order valence-corrected chi connectivity index (χ0v) is 16.1. The van der Waals surface area contributed by atoms with E-state index in [1.54, 1.807) is 15.8 Å². The van der Waals surface area contributed by atoms with Crippen LogP contribution in [-0.2, 0) is 11.8 Å². The Morgan fingerprint density at radius 2 is 1.72 bits per heavy atom. The van der Waals surface area contributed by atoms with Gasteiger partial charge >= 0.3 is 0 Å². The van der Waals surface area contributed by atoms with E-state index in [2.05, 4.69) is 5.10 Å². The standard InChI is InChI=1S/C22H20N6O/c1-26-14-17(13-23-26)28-12-11-27(15-20(28)29)22-24-19-10-6-5-9-18(19)21(25-22)16-7-3-2-4-8-16/h2-10,13-14H,11-12,15H2,1H3. The second kappa shape index (κ2) is 7.01. The average Bonchev–Trinajstić information content (AvgIpc) is 3.19. The van der Waals surface area contributed by atoms with E-state index in [1.165, 1.54) is 0 Å². The molecule has 1 fully saturated rings. The molecule has 2 aromatic heterocycles. The number of anilines is 2. The molecular formula is C22H20N6O. The van der Waals surface area contributed by atoms with Crippen molar-refractivity contribution in [3.05, 3.63) is 67.0 Å². The molecule has 5 rings (SSSR count). The Morgan fingerprint density at radius 3 is 2.48 bits per heavy atom. The fourth-order valence-electron chi connectivity index (χ4n) is 3.69. The van der Waals surface area contributed by atoms with Crippen LogP contribution in [-0.4, -0.2) is 45.3 Å². The lowest BCUT2D eigenvalue weighted by molar-refractivity contribution is -0.117. The van der Waals surface area contributed by atoms with Gasteiger partial charge in [-0.05, 0) is 6.07 Å². The van der Waals surface area contributed by atoms with Gasteiger partial charge in [0.15, 0.2) is 0 Å². The topological polar surface area (TPSA) is 67.2 Å². The quantitative estimate of drug-likeness (QED) is 0.543. The Balaban J connectivity index is 1.50. The van der Waals surface area contributed by atoms with Crippen LogP contribution in [0.4, 0.5) is 11.6 Å². The van der Waals surface area contributed by atoms with E-state index in [0.717, 1.165) is 27.8 Å². The van der Waals surface area contributed by atoms with E-state index in [4.69, 9.17) is 9.97 Å². The van der Waals surface area contributed by atoms with Gasteiger partial charge < -0.3 is 9.80 Å². The molecule has 4 aromatic rings. The zero-order valence-electron chi connectivity index (χ0n) is 16.1. The molecule has 0 spiro atoms. The molecule has 0 unspecified atom stereocenters. The fourth-order valence-corrected chi connectivity index (χ4v) is 3.69. The number of amides is 1. The molecule has 0 N–H and O–H groups in total. The minimum absolute atomic E-state index is 0.0160. The first kappa shape index (κ1) is 17.4. The molecule has 3 heterocycles. The molecule has 7 heteroatoms. The minimum atomic E-state index is 0.0160. The van der Waals surface area contributed by atoms with Gasteiger partial charge in [0.2, 0.25) is 11.9 Å². The number of fused-ring (bicyclic) bond motifs is 1. The molecule has 1 saturated heterocycles. The van der Waals surface area contributed by atoms with Crippen LogP contribution >= 0.6 is 0 Å². The molecule has 0 saturated carbocycles. The number of carbonyl (C=O) groups excluding carboxylic acids is 1. The number of benzene rings is 2. The Hall–Kier alpha value is -3.74. The molecule has 1 amide bonds. The third kappa shape index (κ3) is 3.20. The highest BCUT2D eigenvalue weighted by Crippen LogP contribution is 2.29. The predicted octanol–water partition coefficient (Wildman–Crippen LogP) is 2.88. The van der Waals surface area contributed by atoms with Crippen LogP contribution in [0, 0.1) is 0 Å². The zero-order chi connectivity index (χ0) is 19.8. The molecule has 0 atom stereocenters. The number of hydrogen-bond acceptors (Lipinski definition) is 5. The van der Waals surface area contributed by atoms with E-state index in [0.29, 0.717) is 19.0 Å². The number of aryl methyl sites for hydroxylation is 1. The first-order valence-corrected chi connectivity index (χ1v) is 9.55. The van der Waals surface area contributed by atoms with E-state index >= 15 is 0 Å². The SMILES string of the molecule is Cn1cc(N2CCN(c3nc(-c4ccccc4)c4ccccc4n3)CC2=O)cn1. The van der Waals surface area contributed by atoms with Crippen molar-refractivity contribution in [1.82, 2.24) is 19.7 Å². The minimum Gasteiger partial charge on any atom is -0.330 e. The van der Waals surface area contributed by atoms with E-state index in [9.17, 15) is 4.79 Å². The van der Waals surface area contributed by atoms with Gasteiger partial charge in [0.1, 0.15) is 6.54 Å². The van der Waals surface area contributed by atoms with Gasteiger partial charge in [0, 0.05) is 37.3 Å². The molecule has 29 heavy (non-hydrogen) atoms. The maximum Gasteiger partial charge on any atom is 0.246 e. The summed E-state index contributed by atoms with van der Waals surface area (Å²) in [6.07, 6.45) is 3.57. The molecule has 0 bridgehead atoms. The van der Waals surface area contributed by atoms with Crippen molar-refractivity contribution in [3.63, 3.8) is 0 Å². The maximum absolute atomic E-state index is 12.8. The average molecular weight is 384 g/mol. The number of piperazine rings is 1. The van der Waals surface area contributed by atoms with Crippen molar-refractivity contribution < 1.29 is 4.79 Å². The molecule has 0 aliphatic carbocycles. The molecule has 144 valence electrons. The van der Waals surface area contributed by atoms with Gasteiger partial charge in [-0.3, -0.25) is 9.48 Å². The number of rotatable bonds is 3. The van der Waals surface area contributed by atoms with Crippen molar-refractivity contribution in [3.8, 4) is 11.3 Å². The summed E-state index contributed by atoms with van der Waals surface area (Å²) in [7, 11) is 1.85. The summed E-state index contributed by atoms with van der Waals surface area (Å²) >= 11 is 0. The van der Waals surface area contributed by atoms with Crippen LogP contribution in [0.15, 0.2) is 67.0 Å². The van der Waals surface area contributed by atoms with Gasteiger partial charge in [-0.15, -0.1) is 0 Å². The second-order valence-corrected chi connectivity index (χ2v) is 7.09. The molecule has 2 aromatic carbocycles. The number of carbonyl (C=O) groups is 1. The number of hydrogen-bond donors (Lipinski definition) is 0. The van der Waals surface area contributed by atoms with E-state index in [-0.39, 0.29) is 12.5 Å². The highest BCUT2D eigenvalue weighted by molar-refractivity contribution is 5.98. The van der Waals surface area contributed by atoms with Gasteiger partial charge in [0.05, 0.1) is 23.1 Å². The van der Waals surface area contributed by atoms with Crippen molar-refractivity contribution in [2.45, 2.75) is 0 Å². The normalized spacial score (nSPS) is 14.6. The number of para-hydroxylation sites is 1. The lowest BCUT2D eigenvalue weighted by Gasteiger charge is -2.33. The summed E-state index contributed by atoms with van der Waals surface area (Å²) in [6, 6.07) is 18.1. The van der Waals surface area contributed by atoms with Gasteiger partial charge in [-0.2, -0.15) is 5.10 Å². The van der Waals surface area contributed by atoms with Crippen LogP contribution < -0.4 is 9.80 Å². The summed E-state index contributed by atoms with van der Waals surface area (Å²) in [4.78, 5) is 26.1. The highest BCUT2D eigenvalue weighted by Gasteiger charge is 2.28. The number of aromatic nitrogens is 4. The van der Waals surface area contributed by atoms with Crippen LogP contribution in [0.5, 0.6) is 0 Å². The van der Waals surface area contributed by atoms with Crippen molar-refractivity contribution in [2.75, 3.05) is 29.4 Å². The third-order valence-electron chi connectivity index (χ3n) is 5.15. The van der Waals surface area contributed by atoms with Gasteiger partial charge in [-0.25, -0.2) is 9.97 Å². The number of nitrogens with zero attached hydrogens (tertiary/aromatic N) is 6.